The van der Waals surface area contributed by atoms with Gasteiger partial charge in [-0.3, -0.25) is 19.3 Å². The molecule has 0 saturated carbocycles. The van der Waals surface area contributed by atoms with Crippen LogP contribution in [-0.2, 0) is 4.79 Å². The van der Waals surface area contributed by atoms with Crippen LogP contribution in [0, 0.1) is 0 Å². The largest absolute Gasteiger partial charge is 0.354 e. The van der Waals surface area contributed by atoms with E-state index in [1.54, 1.807) is 46.5 Å². The third-order valence-corrected chi connectivity index (χ3v) is 5.98. The fraction of sp³-hybridized carbons (Fsp3) is 0.240. The number of hydrogen-bond donors (Lipinski definition) is 2. The quantitative estimate of drug-likeness (QED) is 0.505. The van der Waals surface area contributed by atoms with Gasteiger partial charge in [-0.15, -0.1) is 0 Å². The highest BCUT2D eigenvalue weighted by Crippen LogP contribution is 2.45. The lowest BCUT2D eigenvalue weighted by atomic mass is 10.0. The highest BCUT2D eigenvalue weighted by Gasteiger charge is 2.47. The van der Waals surface area contributed by atoms with Crippen molar-refractivity contribution in [3.8, 4) is 0 Å². The maximum Gasteiger partial charge on any atom is 0.260 e. The van der Waals surface area contributed by atoms with E-state index in [1.165, 1.54) is 0 Å². The molecular formula is C25H24N6O3. The van der Waals surface area contributed by atoms with E-state index in [-0.39, 0.29) is 24.1 Å². The molecule has 3 aromatic rings. The third kappa shape index (κ3) is 3.96. The van der Waals surface area contributed by atoms with Gasteiger partial charge in [0.25, 0.3) is 11.8 Å². The Morgan fingerprint density at radius 2 is 1.62 bits per heavy atom. The maximum absolute atomic E-state index is 13.4. The second-order valence-electron chi connectivity index (χ2n) is 8.10. The molecule has 34 heavy (non-hydrogen) atoms. The summed E-state index contributed by atoms with van der Waals surface area (Å²) >= 11 is 0. The molecule has 0 bridgehead atoms. The number of hydrogen-bond acceptors (Lipinski definition) is 6. The number of carbonyl (C=O) groups is 3. The molecule has 2 aromatic carbocycles. The zero-order chi connectivity index (χ0) is 23.5. The highest BCUT2D eigenvalue weighted by molar-refractivity contribution is 6.16. The lowest BCUT2D eigenvalue weighted by Crippen LogP contribution is -2.48. The molecular weight excluding hydrogens is 432 g/mol. The van der Waals surface area contributed by atoms with Gasteiger partial charge in [-0.1, -0.05) is 30.3 Å². The third-order valence-electron chi connectivity index (χ3n) is 5.98. The van der Waals surface area contributed by atoms with Crippen molar-refractivity contribution in [2.75, 3.05) is 29.9 Å². The zero-order valence-electron chi connectivity index (χ0n) is 18.5. The van der Waals surface area contributed by atoms with E-state index in [2.05, 4.69) is 20.6 Å². The first-order valence-corrected chi connectivity index (χ1v) is 11.3. The first kappa shape index (κ1) is 21.6. The molecule has 0 unspecified atom stereocenters. The van der Waals surface area contributed by atoms with Crippen molar-refractivity contribution in [3.63, 3.8) is 0 Å². The van der Waals surface area contributed by atoms with E-state index in [4.69, 9.17) is 0 Å². The van der Waals surface area contributed by atoms with Crippen molar-refractivity contribution < 1.29 is 14.4 Å². The topological polar surface area (TPSA) is 108 Å². The first-order valence-electron chi connectivity index (χ1n) is 11.3. The van der Waals surface area contributed by atoms with Crippen molar-refractivity contribution >= 4 is 29.4 Å². The average Bonchev–Trinajstić information content (AvgIpc) is 3.17. The number of nitrogens with zero attached hydrogens (tertiary/aromatic N) is 4. The molecule has 0 aliphatic carbocycles. The van der Waals surface area contributed by atoms with Crippen LogP contribution in [0.5, 0.6) is 0 Å². The summed E-state index contributed by atoms with van der Waals surface area (Å²) in [5.41, 5.74) is 2.55. The van der Waals surface area contributed by atoms with E-state index in [0.717, 1.165) is 5.56 Å². The number of benzene rings is 2. The van der Waals surface area contributed by atoms with Gasteiger partial charge in [-0.25, -0.2) is 9.97 Å². The van der Waals surface area contributed by atoms with Crippen LogP contribution in [0.25, 0.3) is 0 Å². The molecule has 0 saturated heterocycles. The molecule has 9 nitrogen and oxygen atoms in total. The number of fused-ring (bicyclic) bond motifs is 5. The Bertz CT molecular complexity index is 1230. The molecule has 0 spiro atoms. The lowest BCUT2D eigenvalue weighted by Gasteiger charge is -2.41. The van der Waals surface area contributed by atoms with Crippen LogP contribution in [0.3, 0.4) is 0 Å². The lowest BCUT2D eigenvalue weighted by molar-refractivity contribution is -0.121. The number of carbonyl (C=O) groups excluding carboxylic acids is 3. The molecule has 2 aliphatic heterocycles. The van der Waals surface area contributed by atoms with Gasteiger partial charge in [-0.2, -0.15) is 0 Å². The van der Waals surface area contributed by atoms with Crippen LogP contribution in [0.15, 0.2) is 67.0 Å². The molecule has 1 aromatic heterocycles. The van der Waals surface area contributed by atoms with Crippen LogP contribution in [0.2, 0.25) is 0 Å². The molecule has 0 radical (unpaired) electrons. The number of para-hydroxylation sites is 1. The van der Waals surface area contributed by atoms with Crippen LogP contribution >= 0.6 is 0 Å². The van der Waals surface area contributed by atoms with Crippen molar-refractivity contribution in [1.29, 1.82) is 0 Å². The second kappa shape index (κ2) is 9.30. The van der Waals surface area contributed by atoms with Gasteiger partial charge in [0, 0.05) is 49.6 Å². The second-order valence-corrected chi connectivity index (χ2v) is 8.10. The van der Waals surface area contributed by atoms with E-state index < -0.39 is 6.17 Å². The minimum Gasteiger partial charge on any atom is -0.354 e. The van der Waals surface area contributed by atoms with E-state index in [1.807, 2.05) is 30.3 Å². The standard InChI is InChI=1S/C25H24N6O3/c32-21(26-14-15-29-25-27-12-6-13-28-25)11-5-16-30-22-17-7-1-2-8-18(17)24(34)31(22)20-10-4-3-9-19(20)23(30)33/h1-4,6-10,12-13,22H,5,11,14-16H2,(H,26,32)(H,27,28,29)/t22-/m0/s1. The Labute approximate surface area is 196 Å². The molecule has 9 heteroatoms. The summed E-state index contributed by atoms with van der Waals surface area (Å²) in [6, 6.07) is 16.3. The maximum atomic E-state index is 13.4. The molecule has 5 rings (SSSR count). The van der Waals surface area contributed by atoms with E-state index >= 15 is 0 Å². The van der Waals surface area contributed by atoms with Gasteiger partial charge < -0.3 is 15.5 Å². The molecule has 3 heterocycles. The number of amides is 3. The summed E-state index contributed by atoms with van der Waals surface area (Å²) in [5.74, 6) is 0.170. The molecule has 1 atom stereocenters. The van der Waals surface area contributed by atoms with Crippen molar-refractivity contribution in [2.45, 2.75) is 19.0 Å². The summed E-state index contributed by atoms with van der Waals surface area (Å²) in [4.78, 5) is 50.4. The molecule has 0 fully saturated rings. The fourth-order valence-corrected chi connectivity index (χ4v) is 4.46. The van der Waals surface area contributed by atoms with E-state index in [9.17, 15) is 14.4 Å². The van der Waals surface area contributed by atoms with Crippen molar-refractivity contribution in [1.82, 2.24) is 20.2 Å². The summed E-state index contributed by atoms with van der Waals surface area (Å²) in [6.07, 6.45) is 3.55. The van der Waals surface area contributed by atoms with Gasteiger partial charge in [0.15, 0.2) is 0 Å². The predicted octanol–water partition coefficient (Wildman–Crippen LogP) is 2.60. The van der Waals surface area contributed by atoms with E-state index in [0.29, 0.717) is 48.8 Å². The predicted molar refractivity (Wildman–Crippen MR) is 126 cm³/mol. The van der Waals surface area contributed by atoms with Crippen LogP contribution in [0.1, 0.15) is 45.3 Å². The van der Waals surface area contributed by atoms with Crippen LogP contribution < -0.4 is 15.5 Å². The Kier molecular flexibility index (Phi) is 5.90. The van der Waals surface area contributed by atoms with Crippen LogP contribution in [-0.4, -0.2) is 52.2 Å². The Hall–Kier alpha value is -4.27. The zero-order valence-corrected chi connectivity index (χ0v) is 18.5. The first-order chi connectivity index (χ1) is 16.6. The number of anilines is 2. The fourth-order valence-electron chi connectivity index (χ4n) is 4.46. The van der Waals surface area contributed by atoms with Gasteiger partial charge in [-0.05, 0) is 30.7 Å². The normalized spacial score (nSPS) is 16.1. The number of rotatable bonds is 8. The van der Waals surface area contributed by atoms with Gasteiger partial charge >= 0.3 is 0 Å². The molecule has 3 amide bonds. The monoisotopic (exact) mass is 456 g/mol. The van der Waals surface area contributed by atoms with Crippen LogP contribution in [0.4, 0.5) is 11.6 Å². The number of nitrogens with one attached hydrogen (secondary N) is 2. The molecule has 2 aliphatic rings. The highest BCUT2D eigenvalue weighted by atomic mass is 16.2. The summed E-state index contributed by atoms with van der Waals surface area (Å²) in [6.45, 7) is 1.30. The van der Waals surface area contributed by atoms with Gasteiger partial charge in [0.1, 0.15) is 6.17 Å². The smallest absolute Gasteiger partial charge is 0.260 e. The van der Waals surface area contributed by atoms with Gasteiger partial charge in [0.05, 0.1) is 11.3 Å². The molecule has 172 valence electrons. The molecule has 2 N–H and O–H groups in total. The summed E-state index contributed by atoms with van der Waals surface area (Å²) in [5, 5.41) is 5.90. The minimum absolute atomic E-state index is 0.0969. The Morgan fingerprint density at radius 1 is 0.882 bits per heavy atom. The number of aromatic nitrogens is 2. The van der Waals surface area contributed by atoms with Crippen molar-refractivity contribution in [2.24, 2.45) is 0 Å². The Morgan fingerprint density at radius 3 is 2.44 bits per heavy atom. The minimum atomic E-state index is -0.496. The van der Waals surface area contributed by atoms with Crippen molar-refractivity contribution in [3.05, 3.63) is 83.7 Å². The summed E-state index contributed by atoms with van der Waals surface area (Å²) < 4.78 is 0. The summed E-state index contributed by atoms with van der Waals surface area (Å²) in [7, 11) is 0. The average molecular weight is 457 g/mol. The Balaban J connectivity index is 1.22. The SMILES string of the molecule is O=C(CCCN1C(=O)c2ccccc2N2C(=O)c3ccccc3[C@@H]12)NCCNc1ncccn1. The van der Waals surface area contributed by atoms with Gasteiger partial charge in [0.2, 0.25) is 11.9 Å².